The number of hydrogen-bond donors (Lipinski definition) is 1. The van der Waals surface area contributed by atoms with Crippen molar-refractivity contribution >= 4 is 23.3 Å². The number of piperazine rings is 1. The molecule has 2 aromatic rings. The van der Waals surface area contributed by atoms with Crippen molar-refractivity contribution in [2.75, 3.05) is 44.7 Å². The van der Waals surface area contributed by atoms with Crippen LogP contribution >= 0.6 is 11.6 Å². The number of nitrogens with zero attached hydrogens (tertiary/aromatic N) is 4. The second-order valence-corrected chi connectivity index (χ2v) is 9.54. The summed E-state index contributed by atoms with van der Waals surface area (Å²) in [5, 5.41) is 3.15. The summed E-state index contributed by atoms with van der Waals surface area (Å²) in [5.41, 5.74) is 3.22. The highest BCUT2D eigenvalue weighted by atomic mass is 35.5. The Morgan fingerprint density at radius 2 is 1.91 bits per heavy atom. The van der Waals surface area contributed by atoms with Crippen LogP contribution in [-0.4, -0.2) is 72.5 Å². The average molecular weight is 458 g/mol. The average Bonchev–Trinajstić information content (AvgIpc) is 2.80. The van der Waals surface area contributed by atoms with Gasteiger partial charge in [-0.25, -0.2) is 4.98 Å². The SMILES string of the molecule is CNC(=O)c1cnc(N2CCN(C3CCN(Cc4ccc(C)cc4)CC3)[C@@H](C)C2)c(Cl)c1.[HH]. The van der Waals surface area contributed by atoms with E-state index < -0.39 is 0 Å². The zero-order valence-corrected chi connectivity index (χ0v) is 20.1. The van der Waals surface area contributed by atoms with Crippen LogP contribution in [0.15, 0.2) is 36.5 Å². The standard InChI is InChI=1S/C25H34ClN5O.H2/c1-18-4-6-20(7-5-18)17-29-10-8-22(9-11-29)31-13-12-30(16-19(31)2)24-23(26)14-21(15-28-24)25(32)27-3;/h4-7,14-15,19,22H,8-13,16-17H2,1-3H3,(H,27,32);1H/t19-;/m0./s1. The lowest BCUT2D eigenvalue weighted by atomic mass is 9.99. The molecule has 2 aliphatic heterocycles. The molecular weight excluding hydrogens is 422 g/mol. The molecule has 2 aliphatic rings. The minimum Gasteiger partial charge on any atom is -0.355 e. The third-order valence-electron chi connectivity index (χ3n) is 6.84. The van der Waals surface area contributed by atoms with E-state index in [1.807, 2.05) is 0 Å². The van der Waals surface area contributed by atoms with Crippen LogP contribution in [0.1, 0.15) is 42.7 Å². The van der Waals surface area contributed by atoms with Crippen LogP contribution in [0.25, 0.3) is 0 Å². The molecular formula is C25H36ClN5O. The van der Waals surface area contributed by atoms with Crippen molar-refractivity contribution in [2.24, 2.45) is 0 Å². The Balaban J connectivity index is 0.00000306. The highest BCUT2D eigenvalue weighted by Crippen LogP contribution is 2.29. The first-order valence-corrected chi connectivity index (χ1v) is 12.0. The van der Waals surface area contributed by atoms with Gasteiger partial charge in [-0.05, 0) is 51.4 Å². The zero-order valence-electron chi connectivity index (χ0n) is 19.4. The van der Waals surface area contributed by atoms with Crippen LogP contribution in [-0.2, 0) is 6.54 Å². The maximum absolute atomic E-state index is 11.8. The van der Waals surface area contributed by atoms with Crippen molar-refractivity contribution in [1.82, 2.24) is 20.1 Å². The van der Waals surface area contributed by atoms with E-state index in [2.05, 4.69) is 63.1 Å². The molecule has 174 valence electrons. The molecule has 0 saturated carbocycles. The Morgan fingerprint density at radius 1 is 1.19 bits per heavy atom. The summed E-state index contributed by atoms with van der Waals surface area (Å²) < 4.78 is 0. The van der Waals surface area contributed by atoms with Gasteiger partial charge in [0.25, 0.3) is 5.91 Å². The van der Waals surface area contributed by atoms with E-state index in [-0.39, 0.29) is 7.33 Å². The van der Waals surface area contributed by atoms with Crippen LogP contribution in [0.5, 0.6) is 0 Å². The first kappa shape index (κ1) is 23.0. The maximum Gasteiger partial charge on any atom is 0.252 e. The van der Waals surface area contributed by atoms with E-state index in [1.54, 1.807) is 19.3 Å². The maximum atomic E-state index is 11.8. The number of rotatable bonds is 5. The highest BCUT2D eigenvalue weighted by Gasteiger charge is 2.32. The topological polar surface area (TPSA) is 51.7 Å². The van der Waals surface area contributed by atoms with Crippen molar-refractivity contribution < 1.29 is 6.22 Å². The molecule has 7 heteroatoms. The molecule has 0 unspecified atom stereocenters. The number of piperidine rings is 1. The predicted octanol–water partition coefficient (Wildman–Crippen LogP) is 3.82. The Bertz CT molecular complexity index is 933. The van der Waals surface area contributed by atoms with Gasteiger partial charge >= 0.3 is 0 Å². The quantitative estimate of drug-likeness (QED) is 0.739. The lowest BCUT2D eigenvalue weighted by Crippen LogP contribution is -2.57. The number of likely N-dealkylation sites (tertiary alicyclic amines) is 1. The van der Waals surface area contributed by atoms with Gasteiger partial charge in [0, 0.05) is 52.9 Å². The van der Waals surface area contributed by atoms with Gasteiger partial charge in [0.2, 0.25) is 0 Å². The summed E-state index contributed by atoms with van der Waals surface area (Å²) in [5.74, 6) is 0.608. The molecule has 0 bridgehead atoms. The van der Waals surface area contributed by atoms with Crippen molar-refractivity contribution in [2.45, 2.75) is 45.3 Å². The van der Waals surface area contributed by atoms with Gasteiger partial charge in [0.1, 0.15) is 5.82 Å². The van der Waals surface area contributed by atoms with Crippen LogP contribution in [0.3, 0.4) is 0 Å². The summed E-state index contributed by atoms with van der Waals surface area (Å²) in [7, 11) is 1.61. The van der Waals surface area contributed by atoms with Gasteiger partial charge in [-0.2, -0.15) is 0 Å². The molecule has 1 aromatic heterocycles. The number of carbonyl (C=O) groups is 1. The molecule has 1 amide bonds. The zero-order chi connectivity index (χ0) is 22.7. The molecule has 32 heavy (non-hydrogen) atoms. The second kappa shape index (κ2) is 10.2. The number of pyridine rings is 1. The molecule has 3 heterocycles. The number of anilines is 1. The Hall–Kier alpha value is -2.15. The first-order valence-electron chi connectivity index (χ1n) is 11.6. The van der Waals surface area contributed by atoms with Crippen molar-refractivity contribution in [3.63, 3.8) is 0 Å². The third-order valence-corrected chi connectivity index (χ3v) is 7.12. The highest BCUT2D eigenvalue weighted by molar-refractivity contribution is 6.33. The number of aryl methyl sites for hydroxylation is 1. The minimum atomic E-state index is -0.169. The predicted molar refractivity (Wildman–Crippen MR) is 133 cm³/mol. The summed E-state index contributed by atoms with van der Waals surface area (Å²) in [6.45, 7) is 10.6. The van der Waals surface area contributed by atoms with Crippen molar-refractivity contribution in [1.29, 1.82) is 0 Å². The first-order chi connectivity index (χ1) is 15.4. The van der Waals surface area contributed by atoms with Crippen molar-refractivity contribution in [3.8, 4) is 0 Å². The Morgan fingerprint density at radius 3 is 2.53 bits per heavy atom. The lowest BCUT2D eigenvalue weighted by Gasteiger charge is -2.47. The van der Waals surface area contributed by atoms with E-state index in [1.165, 1.54) is 24.0 Å². The molecule has 1 atom stereocenters. The molecule has 6 nitrogen and oxygen atoms in total. The lowest BCUT2D eigenvalue weighted by molar-refractivity contribution is 0.0690. The Kier molecular flexibility index (Phi) is 7.33. The molecule has 0 spiro atoms. The summed E-state index contributed by atoms with van der Waals surface area (Å²) in [4.78, 5) is 23.8. The van der Waals surface area contributed by atoms with Gasteiger partial charge in [-0.1, -0.05) is 41.4 Å². The number of hydrogen-bond acceptors (Lipinski definition) is 5. The summed E-state index contributed by atoms with van der Waals surface area (Å²) >= 11 is 6.48. The smallest absolute Gasteiger partial charge is 0.252 e. The van der Waals surface area contributed by atoms with E-state index in [0.717, 1.165) is 45.1 Å². The fraction of sp³-hybridized carbons (Fsp3) is 0.520. The number of nitrogens with one attached hydrogen (secondary N) is 1. The third kappa shape index (κ3) is 5.25. The summed E-state index contributed by atoms with van der Waals surface area (Å²) in [6, 6.07) is 11.7. The van der Waals surface area contributed by atoms with Crippen LogP contribution in [0.2, 0.25) is 5.02 Å². The summed E-state index contributed by atoms with van der Waals surface area (Å²) in [6.07, 6.45) is 4.05. The number of halogens is 1. The van der Waals surface area contributed by atoms with Gasteiger partial charge in [0.05, 0.1) is 10.6 Å². The molecule has 2 saturated heterocycles. The number of carbonyl (C=O) groups excluding carboxylic acids is 1. The number of aromatic nitrogens is 1. The van der Waals surface area contributed by atoms with Gasteiger partial charge in [0.15, 0.2) is 0 Å². The van der Waals surface area contributed by atoms with E-state index in [4.69, 9.17) is 11.6 Å². The van der Waals surface area contributed by atoms with E-state index in [0.29, 0.717) is 22.7 Å². The molecule has 0 aliphatic carbocycles. The van der Waals surface area contributed by atoms with Crippen LogP contribution in [0, 0.1) is 6.92 Å². The van der Waals surface area contributed by atoms with Gasteiger partial charge in [-0.3, -0.25) is 14.6 Å². The van der Waals surface area contributed by atoms with Crippen LogP contribution < -0.4 is 10.2 Å². The normalized spacial score (nSPS) is 21.0. The molecule has 4 rings (SSSR count). The fourth-order valence-corrected chi connectivity index (χ4v) is 5.29. The molecule has 2 fully saturated rings. The van der Waals surface area contributed by atoms with E-state index >= 15 is 0 Å². The second-order valence-electron chi connectivity index (χ2n) is 9.13. The van der Waals surface area contributed by atoms with E-state index in [9.17, 15) is 4.79 Å². The molecule has 1 N–H and O–H groups in total. The fourth-order valence-electron chi connectivity index (χ4n) is 5.00. The monoisotopic (exact) mass is 457 g/mol. The number of amides is 1. The van der Waals surface area contributed by atoms with Crippen molar-refractivity contribution in [3.05, 3.63) is 58.2 Å². The van der Waals surface area contributed by atoms with Crippen LogP contribution in [0.4, 0.5) is 5.82 Å². The molecule has 1 aromatic carbocycles. The van der Waals surface area contributed by atoms with Gasteiger partial charge in [-0.15, -0.1) is 0 Å². The number of benzene rings is 1. The minimum absolute atomic E-state index is 0. The van der Waals surface area contributed by atoms with Gasteiger partial charge < -0.3 is 10.2 Å². The molecule has 0 radical (unpaired) electrons. The Labute approximate surface area is 198 Å². The largest absolute Gasteiger partial charge is 0.355 e.